The van der Waals surface area contributed by atoms with Gasteiger partial charge < -0.3 is 15.3 Å². The summed E-state index contributed by atoms with van der Waals surface area (Å²) in [5, 5.41) is 19.1. The molecule has 2 aromatic carbocycles. The summed E-state index contributed by atoms with van der Waals surface area (Å²) in [5.74, 6) is 1.55. The topological polar surface area (TPSA) is 78.6 Å². The van der Waals surface area contributed by atoms with Gasteiger partial charge in [0, 0.05) is 27.1 Å². The van der Waals surface area contributed by atoms with Gasteiger partial charge >= 0.3 is 0 Å². The van der Waals surface area contributed by atoms with Gasteiger partial charge in [0.2, 0.25) is 0 Å². The third-order valence-corrected chi connectivity index (χ3v) is 5.02. The van der Waals surface area contributed by atoms with Crippen LogP contribution in [0.25, 0.3) is 0 Å². The zero-order valence-corrected chi connectivity index (χ0v) is 17.9. The minimum atomic E-state index is -1.12. The van der Waals surface area contributed by atoms with Gasteiger partial charge in [-0.2, -0.15) is 5.10 Å². The van der Waals surface area contributed by atoms with Gasteiger partial charge in [0.05, 0.1) is 13.1 Å². The summed E-state index contributed by atoms with van der Waals surface area (Å²) in [4.78, 5) is 11.1. The van der Waals surface area contributed by atoms with Crippen molar-refractivity contribution in [2.75, 3.05) is 20.1 Å². The predicted octanol–water partition coefficient (Wildman–Crippen LogP) is 2.34. The molecule has 0 spiro atoms. The molecule has 7 heteroatoms. The Morgan fingerprint density at radius 3 is 2.40 bits per heavy atom. The highest BCUT2D eigenvalue weighted by Gasteiger charge is 2.30. The van der Waals surface area contributed by atoms with Crippen LogP contribution in [0.15, 0.2) is 72.0 Å². The summed E-state index contributed by atoms with van der Waals surface area (Å²) in [7, 11) is 3.82. The molecular weight excluding hydrogens is 376 g/mol. The van der Waals surface area contributed by atoms with Crippen LogP contribution in [0.4, 0.5) is 0 Å². The van der Waals surface area contributed by atoms with Crippen LogP contribution in [0, 0.1) is 0 Å². The normalized spacial score (nSPS) is 13.7. The molecule has 30 heavy (non-hydrogen) atoms. The fraction of sp³-hybridized carbons (Fsp3) is 0.348. The van der Waals surface area contributed by atoms with Gasteiger partial charge in [-0.15, -0.1) is 0 Å². The third-order valence-electron chi connectivity index (χ3n) is 5.02. The molecule has 0 aliphatic rings. The monoisotopic (exact) mass is 406 g/mol. The van der Waals surface area contributed by atoms with Crippen molar-refractivity contribution in [1.82, 2.24) is 25.0 Å². The van der Waals surface area contributed by atoms with Gasteiger partial charge in [0.1, 0.15) is 17.8 Å². The summed E-state index contributed by atoms with van der Waals surface area (Å²) in [6.45, 7) is 3.55. The van der Waals surface area contributed by atoms with E-state index in [1.165, 1.54) is 0 Å². The third kappa shape index (κ3) is 5.45. The second kappa shape index (κ2) is 10.0. The van der Waals surface area contributed by atoms with E-state index in [-0.39, 0.29) is 6.54 Å². The molecule has 0 aliphatic heterocycles. The number of guanidine groups is 1. The van der Waals surface area contributed by atoms with Crippen molar-refractivity contribution in [1.29, 1.82) is 0 Å². The van der Waals surface area contributed by atoms with Crippen LogP contribution in [0.2, 0.25) is 0 Å². The molecule has 0 aliphatic carbocycles. The van der Waals surface area contributed by atoms with Crippen molar-refractivity contribution in [3.63, 3.8) is 0 Å². The number of aliphatic imine (C=N–C) groups is 1. The summed E-state index contributed by atoms with van der Waals surface area (Å²) in [5.41, 5.74) is 0.801. The Hall–Kier alpha value is -3.19. The molecule has 3 rings (SSSR count). The van der Waals surface area contributed by atoms with E-state index >= 15 is 0 Å². The lowest BCUT2D eigenvalue weighted by Crippen LogP contribution is -2.41. The standard InChI is InChI=1S/C23H30N6O/c1-4-24-22(28(2)16-21-26-18-27-29(21)3)25-17-23(30,20-13-9-6-10-14-20)15-19-11-7-5-8-12-19/h5-14,18,30H,4,15-17H2,1-3H3,(H,24,25). The zero-order chi connectivity index (χ0) is 21.4. The first-order valence-corrected chi connectivity index (χ1v) is 10.2. The predicted molar refractivity (Wildman–Crippen MR) is 119 cm³/mol. The highest BCUT2D eigenvalue weighted by molar-refractivity contribution is 5.79. The number of rotatable bonds is 8. The van der Waals surface area contributed by atoms with Crippen molar-refractivity contribution in [2.24, 2.45) is 12.0 Å². The minimum Gasteiger partial charge on any atom is -0.383 e. The van der Waals surface area contributed by atoms with Crippen LogP contribution in [0.3, 0.4) is 0 Å². The van der Waals surface area contributed by atoms with Crippen molar-refractivity contribution >= 4 is 5.96 Å². The van der Waals surface area contributed by atoms with Gasteiger partial charge in [0.15, 0.2) is 5.96 Å². The largest absolute Gasteiger partial charge is 0.383 e. The first kappa shape index (κ1) is 21.5. The van der Waals surface area contributed by atoms with Crippen molar-refractivity contribution in [3.8, 4) is 0 Å². The summed E-state index contributed by atoms with van der Waals surface area (Å²) in [6.07, 6.45) is 2.02. The molecule has 2 N–H and O–H groups in total. The summed E-state index contributed by atoms with van der Waals surface area (Å²) in [6, 6.07) is 19.8. The number of aromatic nitrogens is 3. The first-order chi connectivity index (χ1) is 14.5. The fourth-order valence-corrected chi connectivity index (χ4v) is 3.36. The number of nitrogens with zero attached hydrogens (tertiary/aromatic N) is 5. The van der Waals surface area contributed by atoms with E-state index in [0.717, 1.165) is 23.5 Å². The Labute approximate surface area is 178 Å². The maximum Gasteiger partial charge on any atom is 0.194 e. The summed E-state index contributed by atoms with van der Waals surface area (Å²) < 4.78 is 1.75. The number of aryl methyl sites for hydroxylation is 1. The van der Waals surface area contributed by atoms with Crippen molar-refractivity contribution < 1.29 is 5.11 Å². The maximum absolute atomic E-state index is 11.7. The van der Waals surface area contributed by atoms with Gasteiger partial charge in [-0.05, 0) is 18.1 Å². The van der Waals surface area contributed by atoms with Crippen LogP contribution in [-0.2, 0) is 25.6 Å². The molecule has 0 saturated heterocycles. The number of aliphatic hydroxyl groups is 1. The van der Waals surface area contributed by atoms with Crippen molar-refractivity contribution in [3.05, 3.63) is 83.9 Å². The molecule has 0 radical (unpaired) electrons. The lowest BCUT2D eigenvalue weighted by atomic mass is 9.87. The van der Waals surface area contributed by atoms with Crippen molar-refractivity contribution in [2.45, 2.75) is 25.5 Å². The molecule has 7 nitrogen and oxygen atoms in total. The Kier molecular flexibility index (Phi) is 7.19. The minimum absolute atomic E-state index is 0.234. The number of benzene rings is 2. The van der Waals surface area contributed by atoms with E-state index < -0.39 is 5.60 Å². The van der Waals surface area contributed by atoms with E-state index in [4.69, 9.17) is 4.99 Å². The number of hydrogen-bond acceptors (Lipinski definition) is 4. The Bertz CT molecular complexity index is 941. The number of hydrogen-bond donors (Lipinski definition) is 2. The van der Waals surface area contributed by atoms with Gasteiger partial charge in [-0.1, -0.05) is 60.7 Å². The van der Waals surface area contributed by atoms with E-state index in [9.17, 15) is 5.11 Å². The maximum atomic E-state index is 11.7. The van der Waals surface area contributed by atoms with E-state index in [2.05, 4.69) is 15.4 Å². The second-order valence-electron chi connectivity index (χ2n) is 7.39. The quantitative estimate of drug-likeness (QED) is 0.443. The van der Waals surface area contributed by atoms with Crippen LogP contribution in [0.1, 0.15) is 23.9 Å². The lowest BCUT2D eigenvalue weighted by Gasteiger charge is -2.29. The average Bonchev–Trinajstić information content (AvgIpc) is 3.16. The highest BCUT2D eigenvalue weighted by Crippen LogP contribution is 2.26. The van der Waals surface area contributed by atoms with Crippen LogP contribution in [-0.4, -0.2) is 50.9 Å². The van der Waals surface area contributed by atoms with Gasteiger partial charge in [-0.3, -0.25) is 4.68 Å². The molecule has 1 unspecified atom stereocenters. The zero-order valence-electron chi connectivity index (χ0n) is 17.9. The second-order valence-corrected chi connectivity index (χ2v) is 7.39. The first-order valence-electron chi connectivity index (χ1n) is 10.2. The molecule has 1 atom stereocenters. The van der Waals surface area contributed by atoms with Crippen LogP contribution < -0.4 is 5.32 Å². The van der Waals surface area contributed by atoms with E-state index in [1.54, 1.807) is 11.0 Å². The molecule has 0 saturated carbocycles. The lowest BCUT2D eigenvalue weighted by molar-refractivity contribution is 0.0465. The summed E-state index contributed by atoms with van der Waals surface area (Å²) >= 11 is 0. The fourth-order valence-electron chi connectivity index (χ4n) is 3.36. The highest BCUT2D eigenvalue weighted by atomic mass is 16.3. The van der Waals surface area contributed by atoms with Gasteiger partial charge in [-0.25, -0.2) is 9.98 Å². The molecule has 0 bridgehead atoms. The SMILES string of the molecule is CCNC(=NCC(O)(Cc1ccccc1)c1ccccc1)N(C)Cc1ncnn1C. The Morgan fingerprint density at radius 2 is 1.80 bits per heavy atom. The Morgan fingerprint density at radius 1 is 1.13 bits per heavy atom. The van der Waals surface area contributed by atoms with Gasteiger partial charge in [0.25, 0.3) is 0 Å². The number of nitrogens with one attached hydrogen (secondary N) is 1. The molecule has 1 heterocycles. The van der Waals surface area contributed by atoms with E-state index in [0.29, 0.717) is 18.9 Å². The molecule has 1 aromatic heterocycles. The van der Waals surface area contributed by atoms with Crippen LogP contribution in [0.5, 0.6) is 0 Å². The molecular formula is C23H30N6O. The van der Waals surface area contributed by atoms with Crippen LogP contribution >= 0.6 is 0 Å². The molecule has 0 fully saturated rings. The smallest absolute Gasteiger partial charge is 0.194 e. The molecule has 3 aromatic rings. The Balaban J connectivity index is 1.85. The average molecular weight is 407 g/mol. The van der Waals surface area contributed by atoms with E-state index in [1.807, 2.05) is 86.6 Å². The molecule has 158 valence electrons. The molecule has 0 amide bonds.